The van der Waals surface area contributed by atoms with Gasteiger partial charge in [0.2, 0.25) is 5.91 Å². The molecule has 0 saturated carbocycles. The van der Waals surface area contributed by atoms with Crippen molar-refractivity contribution >= 4 is 35.3 Å². The van der Waals surface area contributed by atoms with Crippen LogP contribution < -0.4 is 15.0 Å². The summed E-state index contributed by atoms with van der Waals surface area (Å²) < 4.78 is 29.4. The average molecular weight is 679 g/mol. The number of hydrogen-bond donors (Lipinski definition) is 2. The molecule has 4 rings (SSSR count). The quantitative estimate of drug-likeness (QED) is 0.220. The standard InChI is InChI=1S/C35H51ClN2O9/c1-10-33(5,11-2)31(40)46-27-18-28(39)38(7)23-16-22(17-24(43-8)29(23)36)15-20(3)13-12-14-26(44-9)35(42)19-25(45-32(41)37-35)21(4)30-34(27,6)47-30/h13,16-17,21,25-27,30,42H,10-12,14-15,18-19H2,1-9H3,(H,37,41). The van der Waals surface area contributed by atoms with Gasteiger partial charge < -0.3 is 33.7 Å². The van der Waals surface area contributed by atoms with E-state index in [1.54, 1.807) is 14.0 Å². The van der Waals surface area contributed by atoms with Gasteiger partial charge >= 0.3 is 12.1 Å². The summed E-state index contributed by atoms with van der Waals surface area (Å²) in [4.78, 5) is 41.9. The number of aliphatic hydroxyl groups is 1. The number of halogens is 1. The highest BCUT2D eigenvalue weighted by Crippen LogP contribution is 2.49. The summed E-state index contributed by atoms with van der Waals surface area (Å²) in [6, 6.07) is 3.70. The highest BCUT2D eigenvalue weighted by molar-refractivity contribution is 6.35. The molecule has 0 aromatic heterocycles. The van der Waals surface area contributed by atoms with Gasteiger partial charge in [0.1, 0.15) is 34.7 Å². The first-order chi connectivity index (χ1) is 22.0. The highest BCUT2D eigenvalue weighted by Gasteiger charge is 2.64. The number of amides is 2. The number of carbonyl (C=O) groups excluding carboxylic acids is 3. The van der Waals surface area contributed by atoms with Crippen LogP contribution in [0.4, 0.5) is 10.5 Å². The van der Waals surface area contributed by atoms with E-state index in [4.69, 9.17) is 35.3 Å². The SMILES string of the molecule is CCC(C)(CC)C(=O)OC1CC(=O)N(C)c2cc(cc(OC)c2Cl)CC(C)=CCCC(OC)C2(O)CC(OC(=O)N2)C(C)C2OC12C. The van der Waals surface area contributed by atoms with Crippen LogP contribution in [0.2, 0.25) is 5.02 Å². The minimum atomic E-state index is -1.69. The molecule has 262 valence electrons. The molecule has 7 atom stereocenters. The Morgan fingerprint density at radius 2 is 1.89 bits per heavy atom. The molecule has 3 heterocycles. The molecule has 47 heavy (non-hydrogen) atoms. The molecule has 11 nitrogen and oxygen atoms in total. The molecule has 12 heteroatoms. The van der Waals surface area contributed by atoms with Crippen LogP contribution in [-0.2, 0) is 35.0 Å². The van der Waals surface area contributed by atoms with E-state index in [9.17, 15) is 19.5 Å². The Balaban J connectivity index is 1.78. The fourth-order valence-electron chi connectivity index (χ4n) is 6.73. The van der Waals surface area contributed by atoms with E-state index in [-0.39, 0.29) is 23.8 Å². The van der Waals surface area contributed by atoms with Crippen molar-refractivity contribution in [3.8, 4) is 5.75 Å². The van der Waals surface area contributed by atoms with Gasteiger partial charge in [0.05, 0.1) is 30.7 Å². The molecule has 3 aliphatic heterocycles. The summed E-state index contributed by atoms with van der Waals surface area (Å²) >= 11 is 6.75. The molecular formula is C35H51ClN2O9. The van der Waals surface area contributed by atoms with Crippen molar-refractivity contribution in [2.45, 2.75) is 122 Å². The van der Waals surface area contributed by atoms with Crippen molar-refractivity contribution in [1.29, 1.82) is 0 Å². The maximum atomic E-state index is 14.0. The number of nitrogens with one attached hydrogen (secondary N) is 1. The number of allylic oxidation sites excluding steroid dienone is 2. The number of nitrogens with zero attached hydrogens (tertiary/aromatic N) is 1. The van der Waals surface area contributed by atoms with Crippen LogP contribution in [0.15, 0.2) is 23.8 Å². The second kappa shape index (κ2) is 14.3. The molecule has 7 unspecified atom stereocenters. The first-order valence-electron chi connectivity index (χ1n) is 16.5. The van der Waals surface area contributed by atoms with Crippen molar-refractivity contribution in [3.63, 3.8) is 0 Å². The second-order valence-electron chi connectivity index (χ2n) is 13.8. The summed E-state index contributed by atoms with van der Waals surface area (Å²) in [5, 5.41) is 14.6. The predicted molar refractivity (Wildman–Crippen MR) is 178 cm³/mol. The number of epoxide rings is 1. The van der Waals surface area contributed by atoms with Gasteiger partial charge in [-0.05, 0) is 70.6 Å². The summed E-state index contributed by atoms with van der Waals surface area (Å²) in [7, 11) is 4.66. The number of fused-ring (bicyclic) bond motifs is 5. The molecule has 0 spiro atoms. The van der Waals surface area contributed by atoms with Crippen molar-refractivity contribution in [3.05, 3.63) is 34.4 Å². The largest absolute Gasteiger partial charge is 0.495 e. The Kier molecular flexibility index (Phi) is 11.3. The Hall–Kier alpha value is -2.86. The van der Waals surface area contributed by atoms with E-state index in [1.807, 2.05) is 46.8 Å². The van der Waals surface area contributed by atoms with E-state index >= 15 is 0 Å². The van der Waals surface area contributed by atoms with Gasteiger partial charge in [0, 0.05) is 26.5 Å². The van der Waals surface area contributed by atoms with Crippen molar-refractivity contribution in [2.75, 3.05) is 26.2 Å². The lowest BCUT2D eigenvalue weighted by atomic mass is 9.82. The number of hydrogen-bond acceptors (Lipinski definition) is 9. The molecule has 2 saturated heterocycles. The van der Waals surface area contributed by atoms with Crippen LogP contribution in [0.25, 0.3) is 0 Å². The normalized spacial score (nSPS) is 32.0. The highest BCUT2D eigenvalue weighted by atomic mass is 35.5. The van der Waals surface area contributed by atoms with E-state index in [0.29, 0.717) is 43.5 Å². The Labute approximate surface area is 283 Å². The first kappa shape index (κ1) is 37.0. The van der Waals surface area contributed by atoms with Gasteiger partial charge in [-0.15, -0.1) is 0 Å². The summed E-state index contributed by atoms with van der Waals surface area (Å²) in [6.07, 6.45) is 0.867. The first-order valence-corrected chi connectivity index (χ1v) is 16.8. The van der Waals surface area contributed by atoms with Gasteiger partial charge in [-0.3, -0.25) is 14.9 Å². The third-order valence-electron chi connectivity index (χ3n) is 10.6. The van der Waals surface area contributed by atoms with E-state index in [1.165, 1.54) is 19.1 Å². The summed E-state index contributed by atoms with van der Waals surface area (Å²) in [6.45, 7) is 11.4. The van der Waals surface area contributed by atoms with Crippen LogP contribution in [0.3, 0.4) is 0 Å². The summed E-state index contributed by atoms with van der Waals surface area (Å²) in [5.41, 5.74) is -1.12. The Morgan fingerprint density at radius 1 is 1.21 bits per heavy atom. The number of carbonyl (C=O) groups is 3. The van der Waals surface area contributed by atoms with Crippen molar-refractivity contribution < 1.29 is 43.2 Å². The molecule has 3 aliphatic rings. The maximum absolute atomic E-state index is 14.0. The lowest BCUT2D eigenvalue weighted by molar-refractivity contribution is -0.165. The molecule has 2 N–H and O–H groups in total. The topological polar surface area (TPSA) is 136 Å². The van der Waals surface area contributed by atoms with Gasteiger partial charge in [0.25, 0.3) is 0 Å². The van der Waals surface area contributed by atoms with Gasteiger partial charge in [-0.1, -0.05) is 44.0 Å². The zero-order valence-corrected chi connectivity index (χ0v) is 29.9. The third-order valence-corrected chi connectivity index (χ3v) is 11.0. The smallest absolute Gasteiger partial charge is 0.409 e. The second-order valence-corrected chi connectivity index (χ2v) is 14.1. The van der Waals surface area contributed by atoms with Crippen molar-refractivity contribution in [2.24, 2.45) is 11.3 Å². The number of esters is 1. The fraction of sp³-hybridized carbons (Fsp3) is 0.686. The minimum Gasteiger partial charge on any atom is -0.495 e. The Morgan fingerprint density at radius 3 is 2.51 bits per heavy atom. The number of rotatable bonds is 6. The van der Waals surface area contributed by atoms with Crippen LogP contribution >= 0.6 is 11.6 Å². The molecule has 2 amide bonds. The molecule has 0 radical (unpaired) electrons. The predicted octanol–water partition coefficient (Wildman–Crippen LogP) is 5.72. The van der Waals surface area contributed by atoms with Crippen LogP contribution in [-0.4, -0.2) is 80.1 Å². The van der Waals surface area contributed by atoms with Crippen molar-refractivity contribution in [1.82, 2.24) is 5.32 Å². The summed E-state index contributed by atoms with van der Waals surface area (Å²) in [5.74, 6) is -0.748. The third kappa shape index (κ3) is 7.58. The molecular weight excluding hydrogens is 628 g/mol. The van der Waals surface area contributed by atoms with Gasteiger partial charge in [0.15, 0.2) is 5.72 Å². The Bertz CT molecular complexity index is 1380. The van der Waals surface area contributed by atoms with E-state index < -0.39 is 59.1 Å². The number of benzene rings is 1. The maximum Gasteiger partial charge on any atom is 0.409 e. The zero-order chi connectivity index (χ0) is 34.9. The van der Waals surface area contributed by atoms with Crippen LogP contribution in [0.5, 0.6) is 5.75 Å². The zero-order valence-electron chi connectivity index (χ0n) is 29.1. The number of methoxy groups -OCH3 is 2. The molecule has 0 aliphatic carbocycles. The fourth-order valence-corrected chi connectivity index (χ4v) is 7.05. The number of anilines is 1. The van der Waals surface area contributed by atoms with Gasteiger partial charge in [-0.25, -0.2) is 4.79 Å². The molecule has 2 fully saturated rings. The molecule has 1 aromatic rings. The molecule has 1 aromatic carbocycles. The monoisotopic (exact) mass is 678 g/mol. The minimum absolute atomic E-state index is 0.0526. The van der Waals surface area contributed by atoms with E-state index in [2.05, 4.69) is 11.4 Å². The van der Waals surface area contributed by atoms with E-state index in [0.717, 1.165) is 11.1 Å². The van der Waals surface area contributed by atoms with Gasteiger partial charge in [-0.2, -0.15) is 0 Å². The van der Waals surface area contributed by atoms with Crippen LogP contribution in [0.1, 0.15) is 85.6 Å². The lowest BCUT2D eigenvalue weighted by Gasteiger charge is -2.43. The average Bonchev–Trinajstić information content (AvgIpc) is 3.73. The molecule has 4 bridgehead atoms. The van der Waals surface area contributed by atoms with Crippen LogP contribution in [0, 0.1) is 11.3 Å². The lowest BCUT2D eigenvalue weighted by Crippen LogP contribution is -2.64. The number of alkyl carbamates (subject to hydrolysis) is 1. The number of ether oxygens (including phenoxy) is 5.